The van der Waals surface area contributed by atoms with Crippen molar-refractivity contribution in [2.24, 2.45) is 0 Å². The van der Waals surface area contributed by atoms with Crippen LogP contribution in [0.15, 0.2) is 23.3 Å². The zero-order valence-corrected chi connectivity index (χ0v) is 23.8. The number of carbonyl (C=O) groups is 3. The van der Waals surface area contributed by atoms with Gasteiger partial charge in [0.15, 0.2) is 11.6 Å². The minimum absolute atomic E-state index is 0.0108. The summed E-state index contributed by atoms with van der Waals surface area (Å²) in [6.45, 7) is 13.4. The largest absolute Gasteiger partial charge is 0.460 e. The van der Waals surface area contributed by atoms with Crippen molar-refractivity contribution in [3.05, 3.63) is 29.0 Å². The van der Waals surface area contributed by atoms with Crippen LogP contribution in [0.25, 0.3) is 0 Å². The standard InChI is InChI=1S/C26H40N4O10/c1-14(37-17-12-30(24(36)29-22(17)27)20-11-16(32)18(13-31)38-20)8-9-19(33)28-15(23(35)40-26(5,6)7)10-21(34)39-25(2,3)4/h12,15-16,18,20,31-32H,1,8-11,13H2,2-7H3,(H,28,33)(H2,27,29,36)/t15?,16-,18-,20-/m1/s1. The molecule has 2 heterocycles. The van der Waals surface area contributed by atoms with E-state index in [0.29, 0.717) is 0 Å². The smallest absolute Gasteiger partial charge is 0.351 e. The van der Waals surface area contributed by atoms with Gasteiger partial charge >= 0.3 is 17.6 Å². The molecule has 1 aliphatic heterocycles. The maximum atomic E-state index is 12.7. The number of aromatic nitrogens is 2. The van der Waals surface area contributed by atoms with Gasteiger partial charge in [-0.1, -0.05) is 6.58 Å². The third kappa shape index (κ3) is 10.2. The number of anilines is 1. The van der Waals surface area contributed by atoms with E-state index in [-0.39, 0.29) is 36.6 Å². The van der Waals surface area contributed by atoms with E-state index in [0.717, 1.165) is 4.57 Å². The fraction of sp³-hybridized carbons (Fsp3) is 0.654. The summed E-state index contributed by atoms with van der Waals surface area (Å²) < 4.78 is 22.8. The molecular formula is C26H40N4O10. The Balaban J connectivity index is 2.03. The van der Waals surface area contributed by atoms with Crippen LogP contribution in [0.5, 0.6) is 5.75 Å². The second kappa shape index (κ2) is 13.2. The number of allylic oxidation sites excluding steroid dienone is 1. The third-order valence-corrected chi connectivity index (χ3v) is 5.34. The van der Waals surface area contributed by atoms with Crippen molar-refractivity contribution < 1.29 is 43.5 Å². The monoisotopic (exact) mass is 568 g/mol. The van der Waals surface area contributed by atoms with E-state index >= 15 is 0 Å². The Kier molecular flexibility index (Phi) is 10.8. The first kappa shape index (κ1) is 32.7. The van der Waals surface area contributed by atoms with Crippen LogP contribution in [0.1, 0.15) is 73.5 Å². The number of nitrogen functional groups attached to an aromatic ring is 1. The first-order valence-electron chi connectivity index (χ1n) is 12.8. The number of ether oxygens (including phenoxy) is 4. The molecule has 14 nitrogen and oxygen atoms in total. The van der Waals surface area contributed by atoms with Crippen molar-refractivity contribution in [2.45, 2.75) is 103 Å². The maximum absolute atomic E-state index is 12.7. The average Bonchev–Trinajstić information content (AvgIpc) is 3.17. The molecule has 1 aromatic rings. The summed E-state index contributed by atoms with van der Waals surface area (Å²) >= 11 is 0. The minimum atomic E-state index is -1.27. The number of aliphatic hydroxyl groups excluding tert-OH is 2. The molecule has 0 aliphatic carbocycles. The van der Waals surface area contributed by atoms with Crippen LogP contribution < -0.4 is 21.5 Å². The normalized spacial score (nSPS) is 19.9. The lowest BCUT2D eigenvalue weighted by Crippen LogP contribution is -2.46. The van der Waals surface area contributed by atoms with Crippen LogP contribution in [0.3, 0.4) is 0 Å². The highest BCUT2D eigenvalue weighted by molar-refractivity contribution is 5.88. The van der Waals surface area contributed by atoms with Crippen LogP contribution in [0.2, 0.25) is 0 Å². The lowest BCUT2D eigenvalue weighted by molar-refractivity contribution is -0.165. The maximum Gasteiger partial charge on any atom is 0.351 e. The topological polar surface area (TPSA) is 202 Å². The number of hydrogen-bond acceptors (Lipinski definition) is 12. The summed E-state index contributed by atoms with van der Waals surface area (Å²) in [5.74, 6) is -2.22. The highest BCUT2D eigenvalue weighted by Crippen LogP contribution is 2.29. The van der Waals surface area contributed by atoms with Crippen molar-refractivity contribution in [3.63, 3.8) is 0 Å². The molecule has 14 heteroatoms. The van der Waals surface area contributed by atoms with Gasteiger partial charge in [-0.15, -0.1) is 0 Å². The van der Waals surface area contributed by atoms with Crippen molar-refractivity contribution in [1.29, 1.82) is 0 Å². The summed E-state index contributed by atoms with van der Waals surface area (Å²) in [6.07, 6.45) is -2.05. The first-order valence-corrected chi connectivity index (χ1v) is 12.8. The SMILES string of the molecule is C=C(CCC(=O)NC(CC(=O)OC(C)(C)C)C(=O)OC(C)(C)C)Oc1cn([C@H]2C[C@@H](O)[C@@H](CO)O2)c(=O)nc1N. The van der Waals surface area contributed by atoms with Gasteiger partial charge in [-0.05, 0) is 41.5 Å². The second-order valence-electron chi connectivity index (χ2n) is 11.4. The molecule has 0 bridgehead atoms. The number of nitrogens with one attached hydrogen (secondary N) is 1. The molecule has 1 unspecified atom stereocenters. The van der Waals surface area contributed by atoms with E-state index in [1.54, 1.807) is 41.5 Å². The Labute approximate surface area is 232 Å². The Morgan fingerprint density at radius 1 is 1.20 bits per heavy atom. The molecular weight excluding hydrogens is 528 g/mol. The zero-order chi connectivity index (χ0) is 30.4. The van der Waals surface area contributed by atoms with Crippen molar-refractivity contribution in [2.75, 3.05) is 12.3 Å². The number of nitrogens with two attached hydrogens (primary N) is 1. The summed E-state index contributed by atoms with van der Waals surface area (Å²) in [4.78, 5) is 53.7. The lowest BCUT2D eigenvalue weighted by Gasteiger charge is -2.25. The highest BCUT2D eigenvalue weighted by atomic mass is 16.6. The number of aliphatic hydroxyl groups is 2. The summed E-state index contributed by atoms with van der Waals surface area (Å²) in [6, 6.07) is -1.27. The van der Waals surface area contributed by atoms with Crippen LogP contribution >= 0.6 is 0 Å². The molecule has 0 spiro atoms. The van der Waals surface area contributed by atoms with E-state index < -0.39 is 72.2 Å². The molecule has 1 fully saturated rings. The molecule has 1 amide bonds. The lowest BCUT2D eigenvalue weighted by atomic mass is 10.1. The Bertz CT molecular complexity index is 1150. The van der Waals surface area contributed by atoms with Crippen LogP contribution in [0, 0.1) is 0 Å². The van der Waals surface area contributed by atoms with Gasteiger partial charge in [0, 0.05) is 19.3 Å². The van der Waals surface area contributed by atoms with Gasteiger partial charge in [-0.2, -0.15) is 4.98 Å². The van der Waals surface area contributed by atoms with Gasteiger partial charge < -0.3 is 40.2 Å². The number of amides is 1. The Morgan fingerprint density at radius 2 is 1.82 bits per heavy atom. The van der Waals surface area contributed by atoms with Gasteiger partial charge in [0.2, 0.25) is 5.91 Å². The molecule has 0 saturated carbocycles. The fourth-order valence-corrected chi connectivity index (χ4v) is 3.64. The molecule has 5 N–H and O–H groups in total. The summed E-state index contributed by atoms with van der Waals surface area (Å²) in [5, 5.41) is 21.8. The second-order valence-corrected chi connectivity index (χ2v) is 11.4. The zero-order valence-electron chi connectivity index (χ0n) is 23.8. The van der Waals surface area contributed by atoms with Crippen LogP contribution in [-0.2, 0) is 28.6 Å². The Hall–Kier alpha value is -3.49. The summed E-state index contributed by atoms with van der Waals surface area (Å²) in [5.41, 5.74) is 3.45. The number of rotatable bonds is 11. The number of esters is 2. The fourth-order valence-electron chi connectivity index (χ4n) is 3.64. The molecule has 4 atom stereocenters. The van der Waals surface area contributed by atoms with Gasteiger partial charge in [0.05, 0.1) is 31.1 Å². The number of carbonyl (C=O) groups excluding carboxylic acids is 3. The van der Waals surface area contributed by atoms with Gasteiger partial charge in [0.25, 0.3) is 0 Å². The summed E-state index contributed by atoms with van der Waals surface area (Å²) in [7, 11) is 0. The van der Waals surface area contributed by atoms with Crippen LogP contribution in [0.4, 0.5) is 5.82 Å². The molecule has 1 saturated heterocycles. The highest BCUT2D eigenvalue weighted by Gasteiger charge is 2.35. The van der Waals surface area contributed by atoms with Crippen LogP contribution in [-0.4, -0.2) is 73.7 Å². The predicted octanol–water partition coefficient (Wildman–Crippen LogP) is 0.697. The molecule has 2 rings (SSSR count). The minimum Gasteiger partial charge on any atom is -0.460 e. The van der Waals surface area contributed by atoms with Gasteiger partial charge in [-0.3, -0.25) is 14.2 Å². The van der Waals surface area contributed by atoms with E-state index in [4.69, 9.17) is 24.7 Å². The van der Waals surface area contributed by atoms with Gasteiger partial charge in [-0.25, -0.2) is 9.59 Å². The van der Waals surface area contributed by atoms with E-state index in [1.807, 2.05) is 0 Å². The molecule has 0 aromatic carbocycles. The number of nitrogens with zero attached hydrogens (tertiary/aromatic N) is 2. The van der Waals surface area contributed by atoms with Crippen molar-refractivity contribution >= 4 is 23.7 Å². The third-order valence-electron chi connectivity index (χ3n) is 5.34. The Morgan fingerprint density at radius 3 is 2.38 bits per heavy atom. The predicted molar refractivity (Wildman–Crippen MR) is 142 cm³/mol. The number of hydrogen-bond donors (Lipinski definition) is 4. The average molecular weight is 569 g/mol. The van der Waals surface area contributed by atoms with Crippen molar-refractivity contribution in [3.8, 4) is 5.75 Å². The molecule has 1 aliphatic rings. The quantitative estimate of drug-likeness (QED) is 0.215. The molecule has 0 radical (unpaired) electrons. The van der Waals surface area contributed by atoms with E-state index in [2.05, 4.69) is 16.9 Å². The molecule has 1 aromatic heterocycles. The molecule has 40 heavy (non-hydrogen) atoms. The first-order chi connectivity index (χ1) is 18.4. The van der Waals surface area contributed by atoms with E-state index in [1.165, 1.54) is 6.20 Å². The van der Waals surface area contributed by atoms with E-state index in [9.17, 15) is 29.4 Å². The van der Waals surface area contributed by atoms with Crippen molar-refractivity contribution in [1.82, 2.24) is 14.9 Å². The van der Waals surface area contributed by atoms with Gasteiger partial charge in [0.1, 0.15) is 29.6 Å². The molecule has 224 valence electrons.